The van der Waals surface area contributed by atoms with Crippen LogP contribution in [0.1, 0.15) is 51.9 Å². The molecule has 1 aliphatic rings. The highest BCUT2D eigenvalue weighted by molar-refractivity contribution is 7.89. The molecule has 0 heterocycles. The van der Waals surface area contributed by atoms with E-state index in [1.165, 1.54) is 19.3 Å². The number of rotatable bonds is 6. The van der Waals surface area contributed by atoms with E-state index in [-0.39, 0.29) is 11.3 Å². The van der Waals surface area contributed by atoms with E-state index in [0.717, 1.165) is 25.7 Å². The molecule has 0 aromatic heterocycles. The maximum absolute atomic E-state index is 11.2. The first-order valence-corrected chi connectivity index (χ1v) is 7.89. The zero-order chi connectivity index (χ0) is 12.1. The quantitative estimate of drug-likeness (QED) is 0.697. The Morgan fingerprint density at radius 1 is 1.25 bits per heavy atom. The summed E-state index contributed by atoms with van der Waals surface area (Å²) < 4.78 is 25.0. The summed E-state index contributed by atoms with van der Waals surface area (Å²) in [6.07, 6.45) is 7.69. The van der Waals surface area contributed by atoms with Crippen molar-refractivity contribution in [2.24, 2.45) is 5.73 Å². The van der Waals surface area contributed by atoms with Crippen LogP contribution in [0.25, 0.3) is 0 Å². The Morgan fingerprint density at radius 2 is 1.88 bits per heavy atom. The van der Waals surface area contributed by atoms with Crippen LogP contribution in [0, 0.1) is 0 Å². The summed E-state index contributed by atoms with van der Waals surface area (Å²) >= 11 is 0. The summed E-state index contributed by atoms with van der Waals surface area (Å²) in [5.41, 5.74) is 6.23. The highest BCUT2D eigenvalue weighted by atomic mass is 32.2. The zero-order valence-corrected chi connectivity index (χ0v) is 11.0. The van der Waals surface area contributed by atoms with E-state index in [2.05, 4.69) is 4.72 Å². The summed E-state index contributed by atoms with van der Waals surface area (Å²) in [6, 6.07) is 0. The van der Waals surface area contributed by atoms with Gasteiger partial charge in [0.25, 0.3) is 0 Å². The molecular weight excluding hydrogens is 224 g/mol. The van der Waals surface area contributed by atoms with Gasteiger partial charge in [0, 0.05) is 12.1 Å². The van der Waals surface area contributed by atoms with Gasteiger partial charge in [-0.2, -0.15) is 0 Å². The molecule has 3 N–H and O–H groups in total. The Morgan fingerprint density at radius 3 is 2.44 bits per heavy atom. The van der Waals surface area contributed by atoms with Crippen molar-refractivity contribution in [3.05, 3.63) is 0 Å². The summed E-state index contributed by atoms with van der Waals surface area (Å²) in [7, 11) is -3.03. The number of sulfonamides is 1. The Kier molecular flexibility index (Phi) is 5.21. The zero-order valence-electron chi connectivity index (χ0n) is 10.2. The molecule has 0 amide bonds. The van der Waals surface area contributed by atoms with Gasteiger partial charge < -0.3 is 5.73 Å². The summed E-state index contributed by atoms with van der Waals surface area (Å²) in [6.45, 7) is 2.17. The second kappa shape index (κ2) is 5.98. The van der Waals surface area contributed by atoms with E-state index in [0.29, 0.717) is 6.54 Å². The van der Waals surface area contributed by atoms with E-state index in [9.17, 15) is 8.42 Å². The molecule has 5 heteroatoms. The van der Waals surface area contributed by atoms with Crippen molar-refractivity contribution in [3.8, 4) is 0 Å². The fraction of sp³-hybridized carbons (Fsp3) is 1.00. The first-order valence-electron chi connectivity index (χ1n) is 6.24. The molecule has 4 nitrogen and oxygen atoms in total. The normalized spacial score (nSPS) is 20.9. The van der Waals surface area contributed by atoms with Crippen LogP contribution >= 0.6 is 0 Å². The molecule has 0 unspecified atom stereocenters. The first kappa shape index (κ1) is 13.9. The monoisotopic (exact) mass is 248 g/mol. The van der Waals surface area contributed by atoms with Crippen molar-refractivity contribution in [1.29, 1.82) is 0 Å². The average Bonchev–Trinajstić information content (AvgIpc) is 2.26. The van der Waals surface area contributed by atoms with Crippen LogP contribution in [0.15, 0.2) is 0 Å². The molecule has 1 rings (SSSR count). The lowest BCUT2D eigenvalue weighted by Gasteiger charge is -2.33. The maximum Gasteiger partial charge on any atom is 0.211 e. The average molecular weight is 248 g/mol. The van der Waals surface area contributed by atoms with Crippen molar-refractivity contribution in [2.45, 2.75) is 57.4 Å². The number of nitrogens with one attached hydrogen (secondary N) is 1. The second-order valence-corrected chi connectivity index (χ2v) is 6.92. The van der Waals surface area contributed by atoms with Crippen LogP contribution in [0.4, 0.5) is 0 Å². The topological polar surface area (TPSA) is 72.2 Å². The van der Waals surface area contributed by atoms with Gasteiger partial charge >= 0.3 is 0 Å². The van der Waals surface area contributed by atoms with Gasteiger partial charge in [0.2, 0.25) is 10.0 Å². The molecule has 0 atom stereocenters. The smallest absolute Gasteiger partial charge is 0.211 e. The van der Waals surface area contributed by atoms with Crippen LogP contribution < -0.4 is 10.5 Å². The van der Waals surface area contributed by atoms with Crippen molar-refractivity contribution in [1.82, 2.24) is 4.72 Å². The van der Waals surface area contributed by atoms with Crippen molar-refractivity contribution >= 4 is 10.0 Å². The fourth-order valence-corrected chi connectivity index (χ4v) is 2.94. The minimum atomic E-state index is -3.03. The minimum Gasteiger partial charge on any atom is -0.325 e. The third-order valence-electron chi connectivity index (χ3n) is 3.40. The van der Waals surface area contributed by atoms with Gasteiger partial charge in [-0.05, 0) is 32.6 Å². The van der Waals surface area contributed by atoms with E-state index in [1.807, 2.05) is 0 Å². The lowest BCUT2D eigenvalue weighted by Crippen LogP contribution is -2.42. The predicted octanol–water partition coefficient (Wildman–Crippen LogP) is 1.37. The van der Waals surface area contributed by atoms with Gasteiger partial charge in [-0.3, -0.25) is 0 Å². The molecule has 0 saturated heterocycles. The Bertz CT molecular complexity index is 295. The molecule has 0 bridgehead atoms. The third kappa shape index (κ3) is 4.80. The molecule has 1 fully saturated rings. The van der Waals surface area contributed by atoms with Crippen molar-refractivity contribution in [3.63, 3.8) is 0 Å². The summed E-state index contributed by atoms with van der Waals surface area (Å²) in [5.74, 6) is 0.154. The van der Waals surface area contributed by atoms with Gasteiger partial charge in [0.05, 0.1) is 5.75 Å². The maximum atomic E-state index is 11.2. The van der Waals surface area contributed by atoms with Gasteiger partial charge in [-0.15, -0.1) is 0 Å². The van der Waals surface area contributed by atoms with Gasteiger partial charge in [-0.25, -0.2) is 13.1 Å². The van der Waals surface area contributed by atoms with Crippen LogP contribution in [0.5, 0.6) is 0 Å². The molecule has 0 spiro atoms. The van der Waals surface area contributed by atoms with Gasteiger partial charge in [0.15, 0.2) is 0 Å². The van der Waals surface area contributed by atoms with Crippen molar-refractivity contribution in [2.75, 3.05) is 12.3 Å². The Hall–Kier alpha value is -0.130. The Balaban J connectivity index is 2.20. The predicted molar refractivity (Wildman–Crippen MR) is 66.7 cm³/mol. The molecule has 16 heavy (non-hydrogen) atoms. The SMILES string of the molecule is CCS(=O)(=O)NCCCC1(N)CCCCC1. The summed E-state index contributed by atoms with van der Waals surface area (Å²) in [5, 5.41) is 0. The number of nitrogens with two attached hydrogens (primary N) is 1. The van der Waals surface area contributed by atoms with Crippen LogP contribution in [0.3, 0.4) is 0 Å². The minimum absolute atomic E-state index is 0.0318. The molecule has 0 aromatic carbocycles. The van der Waals surface area contributed by atoms with E-state index >= 15 is 0 Å². The van der Waals surface area contributed by atoms with Crippen molar-refractivity contribution < 1.29 is 8.42 Å². The van der Waals surface area contributed by atoms with E-state index < -0.39 is 10.0 Å². The fourth-order valence-electron chi connectivity index (χ4n) is 2.28. The number of hydrogen-bond acceptors (Lipinski definition) is 3. The molecular formula is C11H24N2O2S. The molecule has 0 aromatic rings. The highest BCUT2D eigenvalue weighted by Crippen LogP contribution is 2.29. The Labute approximate surface area is 99.0 Å². The third-order valence-corrected chi connectivity index (χ3v) is 4.81. The standard InChI is InChI=1S/C11H24N2O2S/c1-2-16(14,15)13-10-6-9-11(12)7-4-3-5-8-11/h13H,2-10,12H2,1H3. The van der Waals surface area contributed by atoms with Gasteiger partial charge in [-0.1, -0.05) is 19.3 Å². The molecule has 0 radical (unpaired) electrons. The van der Waals surface area contributed by atoms with Crippen LogP contribution in [-0.4, -0.2) is 26.3 Å². The van der Waals surface area contributed by atoms with E-state index in [4.69, 9.17) is 5.73 Å². The number of hydrogen-bond donors (Lipinski definition) is 2. The summed E-state index contributed by atoms with van der Waals surface area (Å²) in [4.78, 5) is 0. The largest absolute Gasteiger partial charge is 0.325 e. The lowest BCUT2D eigenvalue weighted by atomic mass is 9.79. The van der Waals surface area contributed by atoms with Gasteiger partial charge in [0.1, 0.15) is 0 Å². The highest BCUT2D eigenvalue weighted by Gasteiger charge is 2.26. The molecule has 0 aliphatic heterocycles. The van der Waals surface area contributed by atoms with Crippen LogP contribution in [-0.2, 0) is 10.0 Å². The molecule has 1 aliphatic carbocycles. The van der Waals surface area contributed by atoms with Crippen LogP contribution in [0.2, 0.25) is 0 Å². The van der Waals surface area contributed by atoms with E-state index in [1.54, 1.807) is 6.92 Å². The lowest BCUT2D eigenvalue weighted by molar-refractivity contribution is 0.273. The molecule has 96 valence electrons. The first-order chi connectivity index (χ1) is 7.47. The molecule has 1 saturated carbocycles. The second-order valence-electron chi connectivity index (χ2n) is 4.82.